The molecular formula is C27H26F4N6. The van der Waals surface area contributed by atoms with E-state index in [9.17, 15) is 17.6 Å². The molecule has 2 aromatic heterocycles. The van der Waals surface area contributed by atoms with Crippen LogP contribution >= 0.6 is 0 Å². The quantitative estimate of drug-likeness (QED) is 0.426. The molecule has 192 valence electrons. The van der Waals surface area contributed by atoms with Crippen molar-refractivity contribution in [3.05, 3.63) is 84.0 Å². The molecule has 1 saturated heterocycles. The number of aryl methyl sites for hydroxylation is 1. The number of anilines is 3. The maximum absolute atomic E-state index is 13.9. The summed E-state index contributed by atoms with van der Waals surface area (Å²) in [6.45, 7) is 9.38. The molecule has 0 aliphatic carbocycles. The van der Waals surface area contributed by atoms with Crippen molar-refractivity contribution in [2.75, 3.05) is 40.9 Å². The highest BCUT2D eigenvalue weighted by molar-refractivity contribution is 5.67. The number of piperazine rings is 1. The van der Waals surface area contributed by atoms with Gasteiger partial charge in [0.1, 0.15) is 17.5 Å². The summed E-state index contributed by atoms with van der Waals surface area (Å²) in [5.41, 5.74) is 1.89. The topological polar surface area (TPSA) is 48.4 Å². The number of alkyl halides is 3. The van der Waals surface area contributed by atoms with Gasteiger partial charge in [-0.1, -0.05) is 12.7 Å². The van der Waals surface area contributed by atoms with Crippen LogP contribution in [0.15, 0.2) is 67.0 Å². The van der Waals surface area contributed by atoms with Crippen molar-refractivity contribution >= 4 is 17.6 Å². The zero-order valence-electron chi connectivity index (χ0n) is 20.5. The van der Waals surface area contributed by atoms with Gasteiger partial charge in [-0.25, -0.2) is 14.4 Å². The van der Waals surface area contributed by atoms with Gasteiger partial charge in [0.2, 0.25) is 5.95 Å². The Morgan fingerprint density at radius 2 is 1.73 bits per heavy atom. The van der Waals surface area contributed by atoms with Crippen LogP contribution in [0.1, 0.15) is 18.1 Å². The summed E-state index contributed by atoms with van der Waals surface area (Å²) in [7, 11) is 0. The fraction of sp³-hybridized carbons (Fsp3) is 0.296. The Labute approximate surface area is 212 Å². The van der Waals surface area contributed by atoms with E-state index in [1.165, 1.54) is 18.3 Å². The van der Waals surface area contributed by atoms with Crippen LogP contribution in [0.3, 0.4) is 0 Å². The van der Waals surface area contributed by atoms with Crippen molar-refractivity contribution in [1.29, 1.82) is 0 Å². The first-order valence-electron chi connectivity index (χ1n) is 12.0. The fourth-order valence-electron chi connectivity index (χ4n) is 4.65. The number of halogens is 4. The number of nitrogens with zero attached hydrogens (tertiary/aromatic N) is 6. The Morgan fingerprint density at radius 1 is 1.00 bits per heavy atom. The van der Waals surface area contributed by atoms with Crippen molar-refractivity contribution in [2.45, 2.75) is 26.1 Å². The Bertz CT molecular complexity index is 1360. The van der Waals surface area contributed by atoms with Crippen LogP contribution in [-0.4, -0.2) is 47.2 Å². The summed E-state index contributed by atoms with van der Waals surface area (Å²) in [5.74, 6) is 0.746. The number of rotatable bonds is 4. The molecular weight excluding hydrogens is 484 g/mol. The van der Waals surface area contributed by atoms with E-state index in [2.05, 4.69) is 11.6 Å². The maximum Gasteiger partial charge on any atom is 0.419 e. The minimum Gasteiger partial charge on any atom is -0.353 e. The normalized spacial score (nSPS) is 18.2. The van der Waals surface area contributed by atoms with Crippen molar-refractivity contribution in [3.8, 4) is 11.3 Å². The monoisotopic (exact) mass is 510 g/mol. The zero-order valence-corrected chi connectivity index (χ0v) is 20.5. The average molecular weight is 511 g/mol. The van der Waals surface area contributed by atoms with Crippen molar-refractivity contribution in [1.82, 2.24) is 15.0 Å². The van der Waals surface area contributed by atoms with E-state index < -0.39 is 11.7 Å². The number of allylic oxidation sites excluding steroid dienone is 1. The van der Waals surface area contributed by atoms with Gasteiger partial charge in [-0.2, -0.15) is 18.2 Å². The van der Waals surface area contributed by atoms with Crippen LogP contribution in [0.25, 0.3) is 11.3 Å². The molecule has 4 heterocycles. The van der Waals surface area contributed by atoms with Gasteiger partial charge in [0, 0.05) is 49.7 Å². The van der Waals surface area contributed by atoms with Crippen LogP contribution in [0.5, 0.6) is 0 Å². The van der Waals surface area contributed by atoms with E-state index >= 15 is 0 Å². The van der Waals surface area contributed by atoms with Gasteiger partial charge >= 0.3 is 6.18 Å². The summed E-state index contributed by atoms with van der Waals surface area (Å²) < 4.78 is 54.5. The molecule has 0 amide bonds. The van der Waals surface area contributed by atoms with Crippen LogP contribution in [-0.2, 0) is 6.18 Å². The second kappa shape index (κ2) is 9.49. The van der Waals surface area contributed by atoms with E-state index in [-0.39, 0.29) is 17.7 Å². The third-order valence-electron chi connectivity index (χ3n) is 6.65. The predicted octanol–water partition coefficient (Wildman–Crippen LogP) is 5.61. The number of hydrogen-bond donors (Lipinski definition) is 0. The van der Waals surface area contributed by atoms with E-state index in [0.717, 1.165) is 17.3 Å². The number of aromatic nitrogens is 3. The van der Waals surface area contributed by atoms with E-state index in [1.807, 2.05) is 34.9 Å². The lowest BCUT2D eigenvalue weighted by Gasteiger charge is -2.37. The Balaban J connectivity index is 1.46. The lowest BCUT2D eigenvalue weighted by molar-refractivity contribution is -0.137. The second-order valence-electron chi connectivity index (χ2n) is 9.18. The Hall–Kier alpha value is -3.95. The smallest absolute Gasteiger partial charge is 0.353 e. The van der Waals surface area contributed by atoms with E-state index in [1.54, 1.807) is 24.0 Å². The first-order valence-corrected chi connectivity index (χ1v) is 12.0. The number of hydrogen-bond acceptors (Lipinski definition) is 6. The fourth-order valence-corrected chi connectivity index (χ4v) is 4.65. The molecule has 0 spiro atoms. The van der Waals surface area contributed by atoms with Crippen molar-refractivity contribution in [2.24, 2.45) is 0 Å². The number of pyridine rings is 1. The van der Waals surface area contributed by atoms with Crippen LogP contribution in [0, 0.1) is 12.7 Å². The molecule has 0 N–H and O–H groups in total. The molecule has 37 heavy (non-hydrogen) atoms. The van der Waals surface area contributed by atoms with Gasteiger partial charge in [0.05, 0.1) is 17.3 Å². The largest absolute Gasteiger partial charge is 0.419 e. The standard InChI is InChI=1S/C27H26F4N6/c1-17-15-20(8-9-22(17)28)23-16-24(34-26(33-23)37-18(2)6-7-19(37)3)35-11-13-36(14-12-35)25-21(27(29,30)31)5-4-10-32-25/h4-10,15-16,19H,2,11-14H2,1,3H3. The van der Waals surface area contributed by atoms with Crippen LogP contribution < -0.4 is 14.7 Å². The molecule has 0 radical (unpaired) electrons. The molecule has 1 fully saturated rings. The van der Waals surface area contributed by atoms with Gasteiger partial charge in [-0.3, -0.25) is 0 Å². The van der Waals surface area contributed by atoms with Gasteiger partial charge < -0.3 is 14.7 Å². The first-order chi connectivity index (χ1) is 17.6. The van der Waals surface area contributed by atoms with Gasteiger partial charge in [0.25, 0.3) is 0 Å². The molecule has 1 unspecified atom stereocenters. The summed E-state index contributed by atoms with van der Waals surface area (Å²) in [4.78, 5) is 19.2. The highest BCUT2D eigenvalue weighted by atomic mass is 19.4. The molecule has 1 aromatic carbocycles. The van der Waals surface area contributed by atoms with E-state index in [0.29, 0.717) is 49.2 Å². The molecule has 2 aliphatic heterocycles. The lowest BCUT2D eigenvalue weighted by atomic mass is 10.1. The molecule has 3 aromatic rings. The molecule has 0 bridgehead atoms. The molecule has 2 aliphatic rings. The highest BCUT2D eigenvalue weighted by Gasteiger charge is 2.36. The van der Waals surface area contributed by atoms with E-state index in [4.69, 9.17) is 9.97 Å². The van der Waals surface area contributed by atoms with Gasteiger partial charge in [0.15, 0.2) is 0 Å². The third-order valence-corrected chi connectivity index (χ3v) is 6.65. The van der Waals surface area contributed by atoms with Crippen LogP contribution in [0.4, 0.5) is 35.1 Å². The third kappa shape index (κ3) is 4.87. The zero-order chi connectivity index (χ0) is 26.3. The molecule has 10 heteroatoms. The minimum absolute atomic E-state index is 0.00680. The molecule has 5 rings (SSSR count). The predicted molar refractivity (Wildman–Crippen MR) is 136 cm³/mol. The summed E-state index contributed by atoms with van der Waals surface area (Å²) >= 11 is 0. The SMILES string of the molecule is C=C1C=CC(C)N1c1nc(-c2ccc(F)c(C)c2)cc(N2CCN(c3ncccc3C(F)(F)F)CC2)n1. The molecule has 6 nitrogen and oxygen atoms in total. The Morgan fingerprint density at radius 3 is 2.38 bits per heavy atom. The Kier molecular flexibility index (Phi) is 6.35. The second-order valence-corrected chi connectivity index (χ2v) is 9.18. The molecule has 1 atom stereocenters. The summed E-state index contributed by atoms with van der Waals surface area (Å²) in [6, 6.07) is 9.03. The lowest BCUT2D eigenvalue weighted by Crippen LogP contribution is -2.47. The minimum atomic E-state index is -4.48. The molecule has 0 saturated carbocycles. The maximum atomic E-state index is 13.9. The summed E-state index contributed by atoms with van der Waals surface area (Å²) in [6.07, 6.45) is 0.812. The van der Waals surface area contributed by atoms with Crippen molar-refractivity contribution < 1.29 is 17.6 Å². The van der Waals surface area contributed by atoms with Crippen molar-refractivity contribution in [3.63, 3.8) is 0 Å². The first kappa shape index (κ1) is 24.7. The summed E-state index contributed by atoms with van der Waals surface area (Å²) in [5, 5.41) is 0. The number of benzene rings is 1. The van der Waals surface area contributed by atoms with Gasteiger partial charge in [-0.05, 0) is 55.8 Å². The van der Waals surface area contributed by atoms with Crippen LogP contribution in [0.2, 0.25) is 0 Å². The average Bonchev–Trinajstić information content (AvgIpc) is 3.22. The van der Waals surface area contributed by atoms with Gasteiger partial charge in [-0.15, -0.1) is 0 Å². The highest BCUT2D eigenvalue weighted by Crippen LogP contribution is 2.36.